The highest BCUT2D eigenvalue weighted by Crippen LogP contribution is 2.29. The first-order valence-corrected chi connectivity index (χ1v) is 10.1. The molecule has 0 saturated carbocycles. The lowest BCUT2D eigenvalue weighted by molar-refractivity contribution is 0.0994. The molecule has 3 rings (SSSR count). The Morgan fingerprint density at radius 2 is 1.88 bits per heavy atom. The Kier molecular flexibility index (Phi) is 5.65. The molecule has 3 aromatic rings. The number of aromatic nitrogens is 2. The van der Waals surface area contributed by atoms with Gasteiger partial charge in [0, 0.05) is 10.0 Å². The maximum Gasteiger partial charge on any atom is 0.184 e. The van der Waals surface area contributed by atoms with Crippen molar-refractivity contribution < 1.29 is 4.79 Å². The summed E-state index contributed by atoms with van der Waals surface area (Å²) in [7, 11) is 0. The Morgan fingerprint density at radius 3 is 2.54 bits per heavy atom. The Balaban J connectivity index is 1.78. The molecule has 1 unspecified atom stereocenters. The van der Waals surface area contributed by atoms with E-state index in [9.17, 15) is 4.79 Å². The Hall–Kier alpha value is -1.28. The van der Waals surface area contributed by atoms with E-state index in [1.807, 2.05) is 61.5 Å². The van der Waals surface area contributed by atoms with Crippen molar-refractivity contribution in [3.05, 3.63) is 68.6 Å². The van der Waals surface area contributed by atoms with Crippen LogP contribution in [0.15, 0.2) is 63.4 Å². The highest BCUT2D eigenvalue weighted by atomic mass is 79.9. The third-order valence-corrected chi connectivity index (χ3v) is 6.25. The van der Waals surface area contributed by atoms with E-state index in [1.165, 1.54) is 23.1 Å². The number of benzene rings is 2. The molecule has 0 amide bonds. The molecule has 0 N–H and O–H groups in total. The molecule has 2 aromatic carbocycles. The maximum absolute atomic E-state index is 12.5. The molecule has 24 heavy (non-hydrogen) atoms. The van der Waals surface area contributed by atoms with Gasteiger partial charge < -0.3 is 0 Å². The lowest BCUT2D eigenvalue weighted by atomic mass is 10.1. The minimum atomic E-state index is -0.226. The van der Waals surface area contributed by atoms with Gasteiger partial charge in [-0.25, -0.2) is 4.68 Å². The lowest BCUT2D eigenvalue weighted by Gasteiger charge is -2.08. The van der Waals surface area contributed by atoms with E-state index in [1.54, 1.807) is 4.68 Å². The molecule has 0 fully saturated rings. The molecule has 3 nitrogen and oxygen atoms in total. The highest BCUT2D eigenvalue weighted by Gasteiger charge is 2.19. The van der Waals surface area contributed by atoms with Crippen molar-refractivity contribution in [3.63, 3.8) is 0 Å². The van der Waals surface area contributed by atoms with Crippen molar-refractivity contribution in [2.45, 2.75) is 16.5 Å². The summed E-state index contributed by atoms with van der Waals surface area (Å²) >= 11 is 11.6. The molecule has 0 bridgehead atoms. The van der Waals surface area contributed by atoms with Gasteiger partial charge in [-0.3, -0.25) is 4.79 Å². The van der Waals surface area contributed by atoms with Crippen molar-refractivity contribution in [1.82, 2.24) is 9.78 Å². The van der Waals surface area contributed by atoms with E-state index in [0.717, 1.165) is 14.5 Å². The molecule has 1 atom stereocenters. The summed E-state index contributed by atoms with van der Waals surface area (Å²) < 4.78 is 4.16. The first-order chi connectivity index (χ1) is 11.5. The normalized spacial score (nSPS) is 12.1. The van der Waals surface area contributed by atoms with E-state index >= 15 is 0 Å². The number of hydrogen-bond donors (Lipinski definition) is 0. The average Bonchev–Trinajstić information content (AvgIpc) is 2.96. The van der Waals surface area contributed by atoms with Crippen LogP contribution in [0, 0.1) is 3.95 Å². The van der Waals surface area contributed by atoms with E-state index in [4.69, 9.17) is 12.2 Å². The molecular formula is C17H13BrN2OS3. The van der Waals surface area contributed by atoms with Crippen LogP contribution in [0.4, 0.5) is 0 Å². The molecule has 0 aliphatic carbocycles. The van der Waals surface area contributed by atoms with Gasteiger partial charge in [0.25, 0.3) is 0 Å². The summed E-state index contributed by atoms with van der Waals surface area (Å²) in [6.45, 7) is 1.90. The summed E-state index contributed by atoms with van der Waals surface area (Å²) in [5.74, 6) is 0.0832. The van der Waals surface area contributed by atoms with Crippen molar-refractivity contribution in [1.29, 1.82) is 0 Å². The molecule has 0 radical (unpaired) electrons. The minimum Gasteiger partial charge on any atom is -0.293 e. The third kappa shape index (κ3) is 4.03. The molecule has 0 aliphatic rings. The number of para-hydroxylation sites is 1. The number of Topliss-reactive ketones (excluding diaryl/α,β-unsaturated/α-hetero) is 1. The van der Waals surface area contributed by atoms with Gasteiger partial charge in [0.1, 0.15) is 0 Å². The van der Waals surface area contributed by atoms with Gasteiger partial charge in [-0.1, -0.05) is 69.4 Å². The molecule has 0 spiro atoms. The van der Waals surface area contributed by atoms with Crippen LogP contribution in [-0.2, 0) is 0 Å². The largest absolute Gasteiger partial charge is 0.293 e. The summed E-state index contributed by atoms with van der Waals surface area (Å²) in [4.78, 5) is 12.5. The molecule has 0 aliphatic heterocycles. The van der Waals surface area contributed by atoms with Gasteiger partial charge in [-0.05, 0) is 43.4 Å². The van der Waals surface area contributed by atoms with Crippen molar-refractivity contribution in [3.8, 4) is 5.69 Å². The zero-order chi connectivity index (χ0) is 17.1. The van der Waals surface area contributed by atoms with E-state index in [0.29, 0.717) is 9.52 Å². The summed E-state index contributed by atoms with van der Waals surface area (Å²) in [5, 5.41) is 4.32. The van der Waals surface area contributed by atoms with Crippen molar-refractivity contribution in [2.75, 3.05) is 0 Å². The Labute approximate surface area is 161 Å². The van der Waals surface area contributed by atoms with E-state index < -0.39 is 0 Å². The van der Waals surface area contributed by atoms with Crippen LogP contribution in [0.2, 0.25) is 0 Å². The second kappa shape index (κ2) is 7.74. The number of thioether (sulfide) groups is 1. The van der Waals surface area contributed by atoms with Crippen LogP contribution in [-0.4, -0.2) is 20.8 Å². The van der Waals surface area contributed by atoms with Gasteiger partial charge in [0.05, 0.1) is 10.9 Å². The van der Waals surface area contributed by atoms with E-state index in [-0.39, 0.29) is 11.0 Å². The van der Waals surface area contributed by atoms with Gasteiger partial charge in [0.2, 0.25) is 0 Å². The van der Waals surface area contributed by atoms with Gasteiger partial charge in [0.15, 0.2) is 14.1 Å². The summed E-state index contributed by atoms with van der Waals surface area (Å²) in [6.07, 6.45) is 0. The topological polar surface area (TPSA) is 34.9 Å². The number of hydrogen-bond acceptors (Lipinski definition) is 5. The number of halogens is 1. The fourth-order valence-corrected chi connectivity index (χ4v) is 4.94. The predicted octanol–water partition coefficient (Wildman–Crippen LogP) is 5.79. The van der Waals surface area contributed by atoms with Crippen LogP contribution in [0.5, 0.6) is 0 Å². The quantitative estimate of drug-likeness (QED) is 0.288. The smallest absolute Gasteiger partial charge is 0.184 e. The first-order valence-electron chi connectivity index (χ1n) is 7.16. The molecular weight excluding hydrogens is 424 g/mol. The Bertz CT molecular complexity index is 904. The predicted molar refractivity (Wildman–Crippen MR) is 106 cm³/mol. The number of carbonyl (C=O) groups excluding carboxylic acids is 1. The number of ketones is 1. The average molecular weight is 437 g/mol. The zero-order valence-corrected chi connectivity index (χ0v) is 16.7. The fourth-order valence-electron chi connectivity index (χ4n) is 2.09. The van der Waals surface area contributed by atoms with Crippen LogP contribution >= 0.6 is 51.2 Å². The van der Waals surface area contributed by atoms with Crippen molar-refractivity contribution in [2.24, 2.45) is 0 Å². The lowest BCUT2D eigenvalue weighted by Crippen LogP contribution is -2.13. The minimum absolute atomic E-state index is 0.0832. The SMILES string of the molecule is CC(Sc1nn(-c2ccccc2)c(=S)s1)C(=O)c1ccc(Br)cc1. The fraction of sp³-hybridized carbons (Fsp3) is 0.118. The van der Waals surface area contributed by atoms with Crippen LogP contribution in [0.3, 0.4) is 0 Å². The summed E-state index contributed by atoms with van der Waals surface area (Å²) in [5.41, 5.74) is 1.63. The monoisotopic (exact) mass is 436 g/mol. The van der Waals surface area contributed by atoms with E-state index in [2.05, 4.69) is 21.0 Å². The number of rotatable bonds is 5. The highest BCUT2D eigenvalue weighted by molar-refractivity contribution is 9.10. The van der Waals surface area contributed by atoms with Crippen LogP contribution < -0.4 is 0 Å². The zero-order valence-electron chi connectivity index (χ0n) is 12.7. The molecule has 1 heterocycles. The van der Waals surface area contributed by atoms with Crippen molar-refractivity contribution >= 4 is 57.0 Å². The molecule has 122 valence electrons. The van der Waals surface area contributed by atoms with Crippen LogP contribution in [0.1, 0.15) is 17.3 Å². The second-order valence-electron chi connectivity index (χ2n) is 5.01. The maximum atomic E-state index is 12.5. The second-order valence-corrected chi connectivity index (χ2v) is 9.14. The first kappa shape index (κ1) is 17.5. The Morgan fingerprint density at radius 1 is 1.21 bits per heavy atom. The van der Waals surface area contributed by atoms with Gasteiger partial charge >= 0.3 is 0 Å². The third-order valence-electron chi connectivity index (χ3n) is 3.31. The molecule has 1 aromatic heterocycles. The standard InChI is InChI=1S/C17H13BrN2OS3/c1-11(15(21)12-7-9-13(18)10-8-12)23-16-19-20(17(22)24-16)14-5-3-2-4-6-14/h2-11H,1H3. The van der Waals surface area contributed by atoms with Gasteiger partial charge in [-0.15, -0.1) is 5.10 Å². The summed E-state index contributed by atoms with van der Waals surface area (Å²) in [6, 6.07) is 17.2. The van der Waals surface area contributed by atoms with Gasteiger partial charge in [-0.2, -0.15) is 0 Å². The van der Waals surface area contributed by atoms with Crippen LogP contribution in [0.25, 0.3) is 5.69 Å². The number of carbonyl (C=O) groups is 1. The number of nitrogens with zero attached hydrogens (tertiary/aromatic N) is 2. The molecule has 0 saturated heterocycles. The molecule has 7 heteroatoms.